The lowest BCUT2D eigenvalue weighted by Crippen LogP contribution is -2.38. The molecule has 1 saturated heterocycles. The first-order valence-electron chi connectivity index (χ1n) is 6.97. The number of fused-ring (bicyclic) bond motifs is 1. The Hall–Kier alpha value is -1.06. The lowest BCUT2D eigenvalue weighted by atomic mass is 10.1. The maximum absolute atomic E-state index is 5.85. The van der Waals surface area contributed by atoms with E-state index in [1.54, 1.807) is 0 Å². The van der Waals surface area contributed by atoms with Gasteiger partial charge in [-0.25, -0.2) is 0 Å². The van der Waals surface area contributed by atoms with Gasteiger partial charge in [0.2, 0.25) is 0 Å². The number of rotatable bonds is 4. The molecule has 2 aliphatic heterocycles. The van der Waals surface area contributed by atoms with Gasteiger partial charge < -0.3 is 14.8 Å². The molecule has 0 aliphatic carbocycles. The molecule has 3 rings (SSSR count). The summed E-state index contributed by atoms with van der Waals surface area (Å²) in [5.41, 5.74) is 1.31. The van der Waals surface area contributed by atoms with Gasteiger partial charge in [0, 0.05) is 12.5 Å². The summed E-state index contributed by atoms with van der Waals surface area (Å²) in [5.74, 6) is 1.03. The Kier molecular flexibility index (Phi) is 3.81. The predicted molar refractivity (Wildman–Crippen MR) is 71.0 cm³/mol. The summed E-state index contributed by atoms with van der Waals surface area (Å²) in [5, 5.41) is 3.50. The van der Waals surface area contributed by atoms with E-state index in [0.717, 1.165) is 25.3 Å². The van der Waals surface area contributed by atoms with E-state index in [2.05, 4.69) is 17.4 Å². The largest absolute Gasteiger partial charge is 0.487 e. The van der Waals surface area contributed by atoms with Gasteiger partial charge in [-0.2, -0.15) is 0 Å². The van der Waals surface area contributed by atoms with Gasteiger partial charge in [-0.15, -0.1) is 0 Å². The van der Waals surface area contributed by atoms with E-state index in [0.29, 0.717) is 12.6 Å². The lowest BCUT2D eigenvalue weighted by molar-refractivity contribution is 0.0447. The first-order chi connectivity index (χ1) is 8.92. The highest BCUT2D eigenvalue weighted by molar-refractivity contribution is 5.37. The van der Waals surface area contributed by atoms with Crippen molar-refractivity contribution in [1.29, 1.82) is 0 Å². The molecule has 0 saturated carbocycles. The van der Waals surface area contributed by atoms with Gasteiger partial charge in [-0.3, -0.25) is 0 Å². The highest BCUT2D eigenvalue weighted by Crippen LogP contribution is 2.28. The summed E-state index contributed by atoms with van der Waals surface area (Å²) in [6, 6.07) is 8.81. The van der Waals surface area contributed by atoms with E-state index >= 15 is 0 Å². The Morgan fingerprint density at radius 1 is 1.22 bits per heavy atom. The van der Waals surface area contributed by atoms with Gasteiger partial charge in [0.25, 0.3) is 0 Å². The van der Waals surface area contributed by atoms with E-state index in [-0.39, 0.29) is 6.10 Å². The van der Waals surface area contributed by atoms with Gasteiger partial charge >= 0.3 is 0 Å². The number of benzene rings is 1. The number of hydrogen-bond acceptors (Lipinski definition) is 3. The molecule has 98 valence electrons. The first-order valence-corrected chi connectivity index (χ1v) is 6.97. The summed E-state index contributed by atoms with van der Waals surface area (Å²) in [7, 11) is 0. The van der Waals surface area contributed by atoms with Gasteiger partial charge in [0.05, 0.1) is 13.2 Å². The Balaban J connectivity index is 1.40. The Morgan fingerprint density at radius 3 is 3.00 bits per heavy atom. The molecule has 0 radical (unpaired) electrons. The quantitative estimate of drug-likeness (QED) is 0.884. The predicted octanol–water partition coefficient (Wildman–Crippen LogP) is 2.15. The summed E-state index contributed by atoms with van der Waals surface area (Å²) in [6.07, 6.45) is 5.05. The molecule has 3 nitrogen and oxygen atoms in total. The van der Waals surface area contributed by atoms with E-state index in [1.807, 2.05) is 12.1 Å². The second-order valence-electron chi connectivity index (χ2n) is 5.24. The maximum atomic E-state index is 5.85. The van der Waals surface area contributed by atoms with Crippen LogP contribution >= 0.6 is 0 Å². The van der Waals surface area contributed by atoms with Crippen molar-refractivity contribution in [2.75, 3.05) is 19.8 Å². The van der Waals surface area contributed by atoms with Gasteiger partial charge in [-0.05, 0) is 31.0 Å². The van der Waals surface area contributed by atoms with Crippen molar-refractivity contribution in [2.24, 2.45) is 0 Å². The molecule has 2 aliphatic rings. The molecular weight excluding hydrogens is 226 g/mol. The third-order valence-electron chi connectivity index (χ3n) is 3.75. The van der Waals surface area contributed by atoms with Crippen LogP contribution in [-0.4, -0.2) is 31.9 Å². The minimum atomic E-state index is 0.200. The van der Waals surface area contributed by atoms with Crippen LogP contribution in [0.2, 0.25) is 0 Å². The third kappa shape index (κ3) is 2.85. The SMILES string of the molecule is c1ccc2c(c1)CC(COCC1CCCCN1)O2. The highest BCUT2D eigenvalue weighted by Gasteiger charge is 2.22. The van der Waals surface area contributed by atoms with Gasteiger partial charge in [0.15, 0.2) is 0 Å². The average molecular weight is 247 g/mol. The van der Waals surface area contributed by atoms with Crippen LogP contribution < -0.4 is 10.1 Å². The summed E-state index contributed by atoms with van der Waals surface area (Å²) >= 11 is 0. The van der Waals surface area contributed by atoms with Crippen molar-refractivity contribution in [3.05, 3.63) is 29.8 Å². The molecular formula is C15H21NO2. The zero-order chi connectivity index (χ0) is 12.2. The van der Waals surface area contributed by atoms with Crippen molar-refractivity contribution in [2.45, 2.75) is 37.8 Å². The number of hydrogen-bond donors (Lipinski definition) is 1. The molecule has 0 bridgehead atoms. The van der Waals surface area contributed by atoms with Crippen LogP contribution in [-0.2, 0) is 11.2 Å². The molecule has 3 heteroatoms. The summed E-state index contributed by atoms with van der Waals surface area (Å²) < 4.78 is 11.7. The molecule has 0 aromatic heterocycles. The highest BCUT2D eigenvalue weighted by atomic mass is 16.5. The van der Waals surface area contributed by atoms with Crippen LogP contribution in [0.1, 0.15) is 24.8 Å². The smallest absolute Gasteiger partial charge is 0.126 e. The molecule has 2 unspecified atom stereocenters. The normalized spacial score (nSPS) is 26.7. The van der Waals surface area contributed by atoms with Crippen LogP contribution in [0.25, 0.3) is 0 Å². The maximum Gasteiger partial charge on any atom is 0.126 e. The standard InChI is InChI=1S/C15H21NO2/c1-2-7-15-12(5-1)9-14(18-15)11-17-10-13-6-3-4-8-16-13/h1-2,5,7,13-14,16H,3-4,6,8-11H2. The molecule has 2 heterocycles. The molecule has 0 spiro atoms. The molecule has 1 aromatic carbocycles. The zero-order valence-electron chi connectivity index (χ0n) is 10.7. The number of ether oxygens (including phenoxy) is 2. The van der Waals surface area contributed by atoms with Crippen LogP contribution in [0.5, 0.6) is 5.75 Å². The molecule has 18 heavy (non-hydrogen) atoms. The van der Waals surface area contributed by atoms with E-state index < -0.39 is 0 Å². The Morgan fingerprint density at radius 2 is 2.17 bits per heavy atom. The third-order valence-corrected chi connectivity index (χ3v) is 3.75. The molecule has 2 atom stereocenters. The van der Waals surface area contributed by atoms with Crippen LogP contribution in [0.4, 0.5) is 0 Å². The van der Waals surface area contributed by atoms with Crippen LogP contribution in [0.3, 0.4) is 0 Å². The minimum absolute atomic E-state index is 0.200. The van der Waals surface area contributed by atoms with E-state index in [1.165, 1.54) is 24.8 Å². The zero-order valence-corrected chi connectivity index (χ0v) is 10.7. The first kappa shape index (κ1) is 12.0. The molecule has 1 N–H and O–H groups in total. The lowest BCUT2D eigenvalue weighted by Gasteiger charge is -2.23. The minimum Gasteiger partial charge on any atom is -0.487 e. The number of piperidine rings is 1. The molecule has 1 aromatic rings. The second-order valence-corrected chi connectivity index (χ2v) is 5.24. The van der Waals surface area contributed by atoms with Crippen LogP contribution in [0, 0.1) is 0 Å². The van der Waals surface area contributed by atoms with E-state index in [9.17, 15) is 0 Å². The van der Waals surface area contributed by atoms with E-state index in [4.69, 9.17) is 9.47 Å². The van der Waals surface area contributed by atoms with Gasteiger partial charge in [-0.1, -0.05) is 24.6 Å². The Labute approximate surface area is 108 Å². The monoisotopic (exact) mass is 247 g/mol. The second kappa shape index (κ2) is 5.72. The van der Waals surface area contributed by atoms with Crippen LogP contribution in [0.15, 0.2) is 24.3 Å². The van der Waals surface area contributed by atoms with Crippen molar-refractivity contribution in [1.82, 2.24) is 5.32 Å². The molecule has 0 amide bonds. The number of para-hydroxylation sites is 1. The summed E-state index contributed by atoms with van der Waals surface area (Å²) in [6.45, 7) is 2.66. The summed E-state index contributed by atoms with van der Waals surface area (Å²) in [4.78, 5) is 0. The van der Waals surface area contributed by atoms with Crippen molar-refractivity contribution < 1.29 is 9.47 Å². The van der Waals surface area contributed by atoms with Gasteiger partial charge in [0.1, 0.15) is 11.9 Å². The fourth-order valence-electron chi connectivity index (χ4n) is 2.75. The van der Waals surface area contributed by atoms with Crippen molar-refractivity contribution in [3.8, 4) is 5.75 Å². The fourth-order valence-corrected chi connectivity index (χ4v) is 2.75. The topological polar surface area (TPSA) is 30.5 Å². The van der Waals surface area contributed by atoms with Crippen molar-refractivity contribution >= 4 is 0 Å². The average Bonchev–Trinajstić information content (AvgIpc) is 2.82. The Bertz CT molecular complexity index is 363. The number of nitrogens with one attached hydrogen (secondary N) is 1. The molecule has 1 fully saturated rings. The van der Waals surface area contributed by atoms with Crippen molar-refractivity contribution in [3.63, 3.8) is 0 Å². The fraction of sp³-hybridized carbons (Fsp3) is 0.600.